The van der Waals surface area contributed by atoms with Crippen molar-refractivity contribution < 1.29 is 19.1 Å². The molecule has 0 fully saturated rings. The zero-order chi connectivity index (χ0) is 18.1. The number of esters is 1. The average Bonchev–Trinajstić information content (AvgIpc) is 2.65. The van der Waals surface area contributed by atoms with E-state index in [4.69, 9.17) is 4.74 Å². The number of carbonyl (C=O) groups is 2. The Morgan fingerprint density at radius 3 is 2.56 bits per heavy atom. The molecule has 0 heterocycles. The lowest BCUT2D eigenvalue weighted by molar-refractivity contribution is -0.123. The molecule has 5 heteroatoms. The van der Waals surface area contributed by atoms with E-state index in [1.807, 2.05) is 25.1 Å². The van der Waals surface area contributed by atoms with Gasteiger partial charge in [-0.2, -0.15) is 0 Å². The number of carbonyl (C=O) groups excluding carboxylic acids is 2. The summed E-state index contributed by atoms with van der Waals surface area (Å²) in [6.07, 6.45) is 1.76. The highest BCUT2D eigenvalue weighted by Gasteiger charge is 2.10. The Kier molecular flexibility index (Phi) is 7.01. The van der Waals surface area contributed by atoms with Crippen molar-refractivity contribution in [2.24, 2.45) is 0 Å². The van der Waals surface area contributed by atoms with Crippen LogP contribution in [-0.2, 0) is 16.0 Å². The van der Waals surface area contributed by atoms with Gasteiger partial charge in [-0.3, -0.25) is 4.79 Å². The molecule has 132 valence electrons. The highest BCUT2D eigenvalue weighted by molar-refractivity contribution is 5.89. The lowest BCUT2D eigenvalue weighted by atomic mass is 10.1. The van der Waals surface area contributed by atoms with Crippen LogP contribution in [0.4, 0.5) is 0 Å². The van der Waals surface area contributed by atoms with Crippen molar-refractivity contribution in [1.82, 2.24) is 5.32 Å². The molecule has 1 atom stereocenters. The van der Waals surface area contributed by atoms with Crippen LogP contribution in [0.15, 0.2) is 54.6 Å². The van der Waals surface area contributed by atoms with E-state index in [2.05, 4.69) is 22.2 Å². The number of rotatable bonds is 8. The summed E-state index contributed by atoms with van der Waals surface area (Å²) in [4.78, 5) is 23.5. The van der Waals surface area contributed by atoms with Crippen LogP contribution in [0, 0.1) is 0 Å². The van der Waals surface area contributed by atoms with E-state index >= 15 is 0 Å². The largest absolute Gasteiger partial charge is 0.484 e. The molecule has 0 aromatic heterocycles. The zero-order valence-electron chi connectivity index (χ0n) is 14.5. The summed E-state index contributed by atoms with van der Waals surface area (Å²) in [6, 6.07) is 16.8. The van der Waals surface area contributed by atoms with Crippen molar-refractivity contribution in [2.75, 3.05) is 13.7 Å². The number of hydrogen-bond donors (Lipinski definition) is 1. The second kappa shape index (κ2) is 9.47. The molecule has 0 saturated heterocycles. The molecule has 0 unspecified atom stereocenters. The Morgan fingerprint density at radius 1 is 1.08 bits per heavy atom. The Balaban J connectivity index is 1.75. The van der Waals surface area contributed by atoms with Crippen LogP contribution in [0.3, 0.4) is 0 Å². The Labute approximate surface area is 148 Å². The first-order valence-corrected chi connectivity index (χ1v) is 8.23. The fourth-order valence-electron chi connectivity index (χ4n) is 2.40. The van der Waals surface area contributed by atoms with Crippen molar-refractivity contribution in [3.8, 4) is 5.75 Å². The minimum Gasteiger partial charge on any atom is -0.484 e. The monoisotopic (exact) mass is 341 g/mol. The van der Waals surface area contributed by atoms with Gasteiger partial charge < -0.3 is 14.8 Å². The summed E-state index contributed by atoms with van der Waals surface area (Å²) in [5.74, 6) is -0.177. The van der Waals surface area contributed by atoms with Gasteiger partial charge in [-0.25, -0.2) is 4.79 Å². The number of hydrogen-bond acceptors (Lipinski definition) is 4. The molecule has 0 bridgehead atoms. The van der Waals surface area contributed by atoms with Crippen molar-refractivity contribution in [1.29, 1.82) is 0 Å². The number of aryl methyl sites for hydroxylation is 1. The molecule has 1 amide bonds. The van der Waals surface area contributed by atoms with Crippen molar-refractivity contribution in [3.63, 3.8) is 0 Å². The average molecular weight is 341 g/mol. The molecule has 2 rings (SSSR count). The van der Waals surface area contributed by atoms with E-state index < -0.39 is 5.97 Å². The SMILES string of the molecule is COC(=O)c1cccc(OCC(=O)N[C@H](C)CCc2ccccc2)c1. The lowest BCUT2D eigenvalue weighted by Gasteiger charge is -2.14. The van der Waals surface area contributed by atoms with Crippen LogP contribution in [0.1, 0.15) is 29.3 Å². The maximum Gasteiger partial charge on any atom is 0.337 e. The summed E-state index contributed by atoms with van der Waals surface area (Å²) in [6.45, 7) is 1.87. The highest BCUT2D eigenvalue weighted by atomic mass is 16.5. The summed E-state index contributed by atoms with van der Waals surface area (Å²) >= 11 is 0. The topological polar surface area (TPSA) is 64.6 Å². The molecule has 0 aliphatic rings. The molecule has 1 N–H and O–H groups in total. The molecule has 25 heavy (non-hydrogen) atoms. The summed E-state index contributed by atoms with van der Waals surface area (Å²) < 4.78 is 10.1. The Morgan fingerprint density at radius 2 is 1.84 bits per heavy atom. The second-order valence-corrected chi connectivity index (χ2v) is 5.80. The fraction of sp³-hybridized carbons (Fsp3) is 0.300. The zero-order valence-corrected chi connectivity index (χ0v) is 14.5. The van der Waals surface area contributed by atoms with Gasteiger partial charge in [-0.1, -0.05) is 36.4 Å². The van der Waals surface area contributed by atoms with Crippen LogP contribution in [-0.4, -0.2) is 31.6 Å². The minimum absolute atomic E-state index is 0.0534. The third-order valence-electron chi connectivity index (χ3n) is 3.74. The van der Waals surface area contributed by atoms with Crippen molar-refractivity contribution in [3.05, 3.63) is 65.7 Å². The second-order valence-electron chi connectivity index (χ2n) is 5.80. The first-order valence-electron chi connectivity index (χ1n) is 8.23. The third kappa shape index (κ3) is 6.30. The molecule has 2 aromatic rings. The van der Waals surface area contributed by atoms with E-state index in [1.54, 1.807) is 24.3 Å². The van der Waals surface area contributed by atoms with E-state index in [9.17, 15) is 9.59 Å². The van der Waals surface area contributed by atoms with Gasteiger partial charge in [-0.05, 0) is 43.5 Å². The molecule has 2 aromatic carbocycles. The molecular formula is C20H23NO4. The van der Waals surface area contributed by atoms with Crippen LogP contribution in [0.2, 0.25) is 0 Å². The predicted molar refractivity (Wildman–Crippen MR) is 95.6 cm³/mol. The normalized spacial score (nSPS) is 11.4. The number of benzene rings is 2. The van der Waals surface area contributed by atoms with Gasteiger partial charge in [0.15, 0.2) is 6.61 Å². The standard InChI is InChI=1S/C20H23NO4/c1-15(11-12-16-7-4-3-5-8-16)21-19(22)14-25-18-10-6-9-17(13-18)20(23)24-2/h3-10,13,15H,11-12,14H2,1-2H3,(H,21,22)/t15-/m1/s1. The van der Waals surface area contributed by atoms with Crippen LogP contribution in [0.5, 0.6) is 5.75 Å². The molecule has 0 saturated carbocycles. The first-order chi connectivity index (χ1) is 12.1. The lowest BCUT2D eigenvalue weighted by Crippen LogP contribution is -2.36. The quantitative estimate of drug-likeness (QED) is 0.750. The molecular weight excluding hydrogens is 318 g/mol. The Hall–Kier alpha value is -2.82. The van der Waals surface area contributed by atoms with Gasteiger partial charge in [0.2, 0.25) is 0 Å². The number of amides is 1. The van der Waals surface area contributed by atoms with E-state index in [0.717, 1.165) is 12.8 Å². The summed E-state index contributed by atoms with van der Waals surface area (Å²) in [5.41, 5.74) is 1.64. The van der Waals surface area contributed by atoms with E-state index in [0.29, 0.717) is 11.3 Å². The van der Waals surface area contributed by atoms with E-state index in [-0.39, 0.29) is 18.6 Å². The van der Waals surface area contributed by atoms with Crippen LogP contribution >= 0.6 is 0 Å². The van der Waals surface area contributed by atoms with Crippen LogP contribution in [0.25, 0.3) is 0 Å². The fourth-order valence-corrected chi connectivity index (χ4v) is 2.40. The predicted octanol–water partition coefficient (Wildman–Crippen LogP) is 2.99. The number of nitrogens with one attached hydrogen (secondary N) is 1. The van der Waals surface area contributed by atoms with Gasteiger partial charge in [-0.15, -0.1) is 0 Å². The molecule has 0 radical (unpaired) electrons. The minimum atomic E-state index is -0.440. The van der Waals surface area contributed by atoms with Gasteiger partial charge in [0.25, 0.3) is 5.91 Å². The first kappa shape index (κ1) is 18.5. The summed E-state index contributed by atoms with van der Waals surface area (Å²) in [5, 5.41) is 2.91. The molecule has 0 aliphatic carbocycles. The highest BCUT2D eigenvalue weighted by Crippen LogP contribution is 2.14. The molecule has 0 aliphatic heterocycles. The number of methoxy groups -OCH3 is 1. The van der Waals surface area contributed by atoms with Crippen molar-refractivity contribution in [2.45, 2.75) is 25.8 Å². The maximum absolute atomic E-state index is 12.0. The van der Waals surface area contributed by atoms with Gasteiger partial charge in [0.1, 0.15) is 5.75 Å². The van der Waals surface area contributed by atoms with E-state index in [1.165, 1.54) is 12.7 Å². The maximum atomic E-state index is 12.0. The Bertz CT molecular complexity index is 700. The third-order valence-corrected chi connectivity index (χ3v) is 3.74. The van der Waals surface area contributed by atoms with Crippen LogP contribution < -0.4 is 10.1 Å². The number of ether oxygens (including phenoxy) is 2. The van der Waals surface area contributed by atoms with Gasteiger partial charge in [0.05, 0.1) is 12.7 Å². The van der Waals surface area contributed by atoms with Gasteiger partial charge >= 0.3 is 5.97 Å². The smallest absolute Gasteiger partial charge is 0.337 e. The molecule has 0 spiro atoms. The molecule has 5 nitrogen and oxygen atoms in total. The summed E-state index contributed by atoms with van der Waals surface area (Å²) in [7, 11) is 1.32. The van der Waals surface area contributed by atoms with Crippen molar-refractivity contribution >= 4 is 11.9 Å². The van der Waals surface area contributed by atoms with Gasteiger partial charge in [0, 0.05) is 6.04 Å².